The zero-order valence-corrected chi connectivity index (χ0v) is 18.2. The number of nitrogens with one attached hydrogen (secondary N) is 1. The highest BCUT2D eigenvalue weighted by molar-refractivity contribution is 5.76. The van der Waals surface area contributed by atoms with Crippen molar-refractivity contribution < 1.29 is 18.7 Å². The standard InChI is InChI=1S/C24H31FN2O3/c1-16(2)11-24(28)26-14-21-20-13-23(30-4)22(29-3)12-18(20)9-10-27(21)15-17-5-7-19(25)8-6-17/h5-8,12-13,16,21H,9-11,14-15H2,1-4H3,(H,26,28). The number of hydrogen-bond acceptors (Lipinski definition) is 4. The molecule has 0 saturated carbocycles. The van der Waals surface area contributed by atoms with Crippen molar-refractivity contribution in [3.8, 4) is 11.5 Å². The number of carbonyl (C=O) groups is 1. The average molecular weight is 415 g/mol. The summed E-state index contributed by atoms with van der Waals surface area (Å²) in [5, 5.41) is 3.10. The van der Waals surface area contributed by atoms with Crippen LogP contribution in [0.2, 0.25) is 0 Å². The molecule has 1 aliphatic rings. The highest BCUT2D eigenvalue weighted by atomic mass is 19.1. The third kappa shape index (κ3) is 5.30. The van der Waals surface area contributed by atoms with E-state index in [-0.39, 0.29) is 17.8 Å². The van der Waals surface area contributed by atoms with Gasteiger partial charge in [0, 0.05) is 26.1 Å². The van der Waals surface area contributed by atoms with Crippen molar-refractivity contribution in [2.45, 2.75) is 39.3 Å². The molecule has 1 amide bonds. The molecule has 1 atom stereocenters. The SMILES string of the molecule is COc1cc2c(cc1OC)C(CNC(=O)CC(C)C)N(Cc1ccc(F)cc1)CC2. The molecule has 5 nitrogen and oxygen atoms in total. The summed E-state index contributed by atoms with van der Waals surface area (Å²) in [5.74, 6) is 1.52. The minimum atomic E-state index is -0.239. The van der Waals surface area contributed by atoms with Gasteiger partial charge in [-0.25, -0.2) is 4.39 Å². The van der Waals surface area contributed by atoms with Crippen molar-refractivity contribution in [3.63, 3.8) is 0 Å². The van der Waals surface area contributed by atoms with Crippen LogP contribution in [0.4, 0.5) is 4.39 Å². The molecule has 2 aromatic carbocycles. The van der Waals surface area contributed by atoms with Crippen LogP contribution in [0.5, 0.6) is 11.5 Å². The first-order chi connectivity index (χ1) is 14.4. The molecule has 1 heterocycles. The van der Waals surface area contributed by atoms with Crippen LogP contribution in [0.15, 0.2) is 36.4 Å². The Balaban J connectivity index is 1.88. The number of fused-ring (bicyclic) bond motifs is 1. The zero-order chi connectivity index (χ0) is 21.7. The summed E-state index contributed by atoms with van der Waals surface area (Å²) >= 11 is 0. The number of amides is 1. The van der Waals surface area contributed by atoms with Gasteiger partial charge < -0.3 is 14.8 Å². The highest BCUT2D eigenvalue weighted by Crippen LogP contribution is 2.38. The number of nitrogens with zero attached hydrogens (tertiary/aromatic N) is 1. The van der Waals surface area contributed by atoms with Crippen LogP contribution < -0.4 is 14.8 Å². The Morgan fingerprint density at radius 3 is 2.47 bits per heavy atom. The van der Waals surface area contributed by atoms with Crippen LogP contribution in [0.3, 0.4) is 0 Å². The third-order valence-electron chi connectivity index (χ3n) is 5.50. The van der Waals surface area contributed by atoms with Crippen LogP contribution in [-0.4, -0.2) is 38.1 Å². The van der Waals surface area contributed by atoms with E-state index >= 15 is 0 Å². The highest BCUT2D eigenvalue weighted by Gasteiger charge is 2.29. The topological polar surface area (TPSA) is 50.8 Å². The van der Waals surface area contributed by atoms with Gasteiger partial charge >= 0.3 is 0 Å². The summed E-state index contributed by atoms with van der Waals surface area (Å²) in [7, 11) is 3.26. The van der Waals surface area contributed by atoms with Crippen molar-refractivity contribution in [2.24, 2.45) is 5.92 Å². The van der Waals surface area contributed by atoms with E-state index in [9.17, 15) is 9.18 Å². The first kappa shape index (κ1) is 22.1. The first-order valence-electron chi connectivity index (χ1n) is 10.4. The van der Waals surface area contributed by atoms with Gasteiger partial charge in [-0.05, 0) is 53.3 Å². The Bertz CT molecular complexity index is 867. The molecule has 0 fully saturated rings. The maximum Gasteiger partial charge on any atom is 0.220 e. The fraction of sp³-hybridized carbons (Fsp3) is 0.458. The molecule has 6 heteroatoms. The van der Waals surface area contributed by atoms with Gasteiger partial charge in [0.15, 0.2) is 11.5 Å². The maximum absolute atomic E-state index is 13.3. The van der Waals surface area contributed by atoms with Gasteiger partial charge in [0.05, 0.1) is 20.3 Å². The van der Waals surface area contributed by atoms with Crippen molar-refractivity contribution >= 4 is 5.91 Å². The summed E-state index contributed by atoms with van der Waals surface area (Å²) in [6, 6.07) is 10.6. The quantitative estimate of drug-likeness (QED) is 0.707. The van der Waals surface area contributed by atoms with E-state index in [0.29, 0.717) is 36.9 Å². The lowest BCUT2D eigenvalue weighted by Gasteiger charge is -2.38. The summed E-state index contributed by atoms with van der Waals surface area (Å²) in [4.78, 5) is 14.6. The summed E-state index contributed by atoms with van der Waals surface area (Å²) in [5.41, 5.74) is 3.37. The predicted octanol–water partition coefficient (Wildman–Crippen LogP) is 4.10. The minimum absolute atomic E-state index is 0.00489. The predicted molar refractivity (Wildman–Crippen MR) is 115 cm³/mol. The van der Waals surface area contributed by atoms with E-state index in [1.54, 1.807) is 14.2 Å². The monoisotopic (exact) mass is 414 g/mol. The number of methoxy groups -OCH3 is 2. The van der Waals surface area contributed by atoms with Gasteiger partial charge in [0.25, 0.3) is 0 Å². The number of rotatable bonds is 8. The third-order valence-corrected chi connectivity index (χ3v) is 5.50. The molecule has 0 radical (unpaired) electrons. The number of halogens is 1. The van der Waals surface area contributed by atoms with Crippen LogP contribution in [0, 0.1) is 11.7 Å². The molecule has 162 valence electrons. The van der Waals surface area contributed by atoms with Crippen LogP contribution >= 0.6 is 0 Å². The molecule has 2 aromatic rings. The summed E-state index contributed by atoms with van der Waals surface area (Å²) < 4.78 is 24.3. The lowest BCUT2D eigenvalue weighted by atomic mass is 9.91. The number of benzene rings is 2. The molecule has 1 aliphatic heterocycles. The fourth-order valence-corrected chi connectivity index (χ4v) is 3.99. The van der Waals surface area contributed by atoms with Gasteiger partial charge in [-0.1, -0.05) is 26.0 Å². The van der Waals surface area contributed by atoms with Crippen molar-refractivity contribution in [3.05, 3.63) is 58.9 Å². The van der Waals surface area contributed by atoms with E-state index in [1.807, 2.05) is 38.1 Å². The molecule has 1 N–H and O–H groups in total. The molecular formula is C24H31FN2O3. The minimum Gasteiger partial charge on any atom is -0.493 e. The van der Waals surface area contributed by atoms with Crippen molar-refractivity contribution in [1.29, 1.82) is 0 Å². The van der Waals surface area contributed by atoms with Gasteiger partial charge in [0.1, 0.15) is 5.82 Å². The zero-order valence-electron chi connectivity index (χ0n) is 18.2. The van der Waals surface area contributed by atoms with E-state index in [1.165, 1.54) is 17.7 Å². The second-order valence-electron chi connectivity index (χ2n) is 8.17. The molecule has 0 aliphatic carbocycles. The fourth-order valence-electron chi connectivity index (χ4n) is 3.99. The van der Waals surface area contributed by atoms with Crippen molar-refractivity contribution in [1.82, 2.24) is 10.2 Å². The number of ether oxygens (including phenoxy) is 2. The van der Waals surface area contributed by atoms with Gasteiger partial charge in [-0.15, -0.1) is 0 Å². The van der Waals surface area contributed by atoms with Gasteiger partial charge in [-0.2, -0.15) is 0 Å². The van der Waals surface area contributed by atoms with E-state index in [2.05, 4.69) is 10.2 Å². The van der Waals surface area contributed by atoms with Gasteiger partial charge in [-0.3, -0.25) is 9.69 Å². The second-order valence-corrected chi connectivity index (χ2v) is 8.17. The largest absolute Gasteiger partial charge is 0.493 e. The smallest absolute Gasteiger partial charge is 0.220 e. The maximum atomic E-state index is 13.3. The summed E-state index contributed by atoms with van der Waals surface area (Å²) in [6.45, 7) is 6.10. The number of hydrogen-bond donors (Lipinski definition) is 1. The lowest BCUT2D eigenvalue weighted by Crippen LogP contribution is -2.42. The van der Waals surface area contributed by atoms with E-state index in [4.69, 9.17) is 9.47 Å². The van der Waals surface area contributed by atoms with Crippen molar-refractivity contribution in [2.75, 3.05) is 27.3 Å². The van der Waals surface area contributed by atoms with E-state index in [0.717, 1.165) is 24.1 Å². The Hall–Kier alpha value is -2.60. The molecule has 3 rings (SSSR count). The van der Waals surface area contributed by atoms with E-state index < -0.39 is 0 Å². The Morgan fingerprint density at radius 2 is 1.83 bits per heavy atom. The Kier molecular flexibility index (Phi) is 7.32. The van der Waals surface area contributed by atoms with Crippen LogP contribution in [0.25, 0.3) is 0 Å². The lowest BCUT2D eigenvalue weighted by molar-refractivity contribution is -0.122. The second kappa shape index (κ2) is 9.94. The Labute approximate surface area is 178 Å². The van der Waals surface area contributed by atoms with Crippen LogP contribution in [0.1, 0.15) is 43.0 Å². The van der Waals surface area contributed by atoms with Crippen LogP contribution in [-0.2, 0) is 17.8 Å². The molecule has 0 bridgehead atoms. The van der Waals surface area contributed by atoms with Gasteiger partial charge in [0.2, 0.25) is 5.91 Å². The Morgan fingerprint density at radius 1 is 1.17 bits per heavy atom. The molecule has 0 spiro atoms. The molecule has 30 heavy (non-hydrogen) atoms. The molecule has 0 saturated heterocycles. The molecule has 1 unspecified atom stereocenters. The first-order valence-corrected chi connectivity index (χ1v) is 10.4. The normalized spacial score (nSPS) is 16.3. The number of carbonyl (C=O) groups excluding carboxylic acids is 1. The molecular weight excluding hydrogens is 383 g/mol. The summed E-state index contributed by atoms with van der Waals surface area (Å²) in [6.07, 6.45) is 1.37. The average Bonchev–Trinajstić information content (AvgIpc) is 2.72. The molecule has 0 aromatic heterocycles.